The monoisotopic (exact) mass is 241 g/mol. The summed E-state index contributed by atoms with van der Waals surface area (Å²) in [6, 6.07) is 3.80. The van der Waals surface area contributed by atoms with Crippen LogP contribution in [0.2, 0.25) is 0 Å². The molecule has 0 atom stereocenters. The van der Waals surface area contributed by atoms with Crippen LogP contribution in [0.3, 0.4) is 0 Å². The third-order valence-corrected chi connectivity index (χ3v) is 1.86. The number of aromatic nitrogens is 3. The molecule has 2 heterocycles. The minimum atomic E-state index is -2.90. The fraction of sp³-hybridized carbons (Fsp3) is 0.100. The molecule has 0 radical (unpaired) electrons. The summed E-state index contributed by atoms with van der Waals surface area (Å²) in [6.07, 6.45) is 2.16. The first-order valence-electron chi connectivity index (χ1n) is 4.54. The first-order chi connectivity index (χ1) is 8.15. The van der Waals surface area contributed by atoms with Gasteiger partial charge in [-0.1, -0.05) is 0 Å². The molecule has 0 spiro atoms. The molecule has 2 aromatic heterocycles. The minimum absolute atomic E-state index is 0.0710. The molecule has 0 unspecified atom stereocenters. The van der Waals surface area contributed by atoms with E-state index < -0.39 is 12.6 Å². The number of hydrogen-bond donors (Lipinski definition) is 0. The lowest BCUT2D eigenvalue weighted by molar-refractivity contribution is -0.0500. The summed E-state index contributed by atoms with van der Waals surface area (Å²) in [6.45, 7) is -2.90. The van der Waals surface area contributed by atoms with Crippen LogP contribution < -0.4 is 4.74 Å². The first kappa shape index (κ1) is 11.3. The van der Waals surface area contributed by atoms with E-state index in [2.05, 4.69) is 19.7 Å². The molecular weight excluding hydrogens is 235 g/mol. The molecule has 0 aliphatic carbocycles. The lowest BCUT2D eigenvalue weighted by atomic mass is 10.2. The van der Waals surface area contributed by atoms with E-state index in [0.29, 0.717) is 5.69 Å². The molecule has 88 valence electrons. The van der Waals surface area contributed by atoms with Gasteiger partial charge in [-0.25, -0.2) is 9.97 Å². The first-order valence-corrected chi connectivity index (χ1v) is 4.54. The molecule has 17 heavy (non-hydrogen) atoms. The standard InChI is InChI=1S/C10H6F3N3O/c11-9-3-8(15-5-16-9)7-2-1-6(4-14-7)17-10(12)13/h1-5,10H. The second-order valence-electron chi connectivity index (χ2n) is 2.98. The van der Waals surface area contributed by atoms with Gasteiger partial charge >= 0.3 is 6.61 Å². The van der Waals surface area contributed by atoms with Crippen LogP contribution in [-0.4, -0.2) is 21.6 Å². The Kier molecular flexibility index (Phi) is 3.17. The molecule has 0 aliphatic rings. The van der Waals surface area contributed by atoms with Gasteiger partial charge in [0.15, 0.2) is 0 Å². The van der Waals surface area contributed by atoms with Gasteiger partial charge in [0.2, 0.25) is 5.95 Å². The lowest BCUT2D eigenvalue weighted by Gasteiger charge is -2.04. The minimum Gasteiger partial charge on any atom is -0.433 e. The third-order valence-electron chi connectivity index (χ3n) is 1.86. The number of nitrogens with zero attached hydrogens (tertiary/aromatic N) is 3. The van der Waals surface area contributed by atoms with E-state index in [4.69, 9.17) is 0 Å². The van der Waals surface area contributed by atoms with Crippen LogP contribution in [0.1, 0.15) is 0 Å². The summed E-state index contributed by atoms with van der Waals surface area (Å²) in [5.74, 6) is -0.761. The van der Waals surface area contributed by atoms with Crippen LogP contribution in [0.25, 0.3) is 11.4 Å². The van der Waals surface area contributed by atoms with Crippen LogP contribution in [0.15, 0.2) is 30.7 Å². The fourth-order valence-corrected chi connectivity index (χ4v) is 1.18. The van der Waals surface area contributed by atoms with Gasteiger partial charge in [0.25, 0.3) is 0 Å². The van der Waals surface area contributed by atoms with Gasteiger partial charge in [-0.05, 0) is 12.1 Å². The highest BCUT2D eigenvalue weighted by molar-refractivity contribution is 5.53. The highest BCUT2D eigenvalue weighted by atomic mass is 19.3. The Morgan fingerprint density at radius 3 is 2.47 bits per heavy atom. The summed E-state index contributed by atoms with van der Waals surface area (Å²) in [5.41, 5.74) is 0.606. The summed E-state index contributed by atoms with van der Waals surface area (Å²) < 4.78 is 40.7. The van der Waals surface area contributed by atoms with Crippen molar-refractivity contribution < 1.29 is 17.9 Å². The van der Waals surface area contributed by atoms with Gasteiger partial charge in [-0.3, -0.25) is 4.98 Å². The van der Waals surface area contributed by atoms with Crippen LogP contribution in [0.4, 0.5) is 13.2 Å². The molecule has 0 saturated heterocycles. The quantitative estimate of drug-likeness (QED) is 0.773. The van der Waals surface area contributed by atoms with Crippen molar-refractivity contribution in [1.82, 2.24) is 15.0 Å². The van der Waals surface area contributed by atoms with E-state index in [9.17, 15) is 13.2 Å². The summed E-state index contributed by atoms with van der Waals surface area (Å²) in [5, 5.41) is 0. The molecule has 0 amide bonds. The summed E-state index contributed by atoms with van der Waals surface area (Å²) in [7, 11) is 0. The molecule has 0 fully saturated rings. The van der Waals surface area contributed by atoms with Crippen LogP contribution in [0.5, 0.6) is 5.75 Å². The largest absolute Gasteiger partial charge is 0.433 e. The van der Waals surface area contributed by atoms with Crippen molar-refractivity contribution in [2.24, 2.45) is 0 Å². The zero-order valence-corrected chi connectivity index (χ0v) is 8.35. The molecule has 0 bridgehead atoms. The second-order valence-corrected chi connectivity index (χ2v) is 2.98. The van der Waals surface area contributed by atoms with Crippen LogP contribution in [0, 0.1) is 5.95 Å². The third kappa shape index (κ3) is 2.90. The predicted octanol–water partition coefficient (Wildman–Crippen LogP) is 2.28. The van der Waals surface area contributed by atoms with Crippen molar-refractivity contribution in [3.05, 3.63) is 36.7 Å². The van der Waals surface area contributed by atoms with E-state index >= 15 is 0 Å². The maximum absolute atomic E-state index is 12.8. The fourth-order valence-electron chi connectivity index (χ4n) is 1.18. The molecule has 0 aromatic carbocycles. The van der Waals surface area contributed by atoms with Crippen molar-refractivity contribution in [2.75, 3.05) is 0 Å². The Hall–Kier alpha value is -2.18. The number of halogens is 3. The Morgan fingerprint density at radius 2 is 1.88 bits per heavy atom. The number of alkyl halides is 2. The van der Waals surface area contributed by atoms with Crippen molar-refractivity contribution in [3.8, 4) is 17.1 Å². The number of ether oxygens (including phenoxy) is 1. The van der Waals surface area contributed by atoms with E-state index in [0.717, 1.165) is 18.6 Å². The smallest absolute Gasteiger partial charge is 0.387 e. The zero-order valence-electron chi connectivity index (χ0n) is 8.35. The lowest BCUT2D eigenvalue weighted by Crippen LogP contribution is -2.02. The molecule has 4 nitrogen and oxygen atoms in total. The molecule has 2 aromatic rings. The van der Waals surface area contributed by atoms with Crippen LogP contribution >= 0.6 is 0 Å². The Bertz CT molecular complexity index is 504. The van der Waals surface area contributed by atoms with E-state index in [-0.39, 0.29) is 11.4 Å². The SMILES string of the molecule is Fc1cc(-c2ccc(OC(F)F)cn2)ncn1. The average molecular weight is 241 g/mol. The Morgan fingerprint density at radius 1 is 1.06 bits per heavy atom. The normalized spacial score (nSPS) is 10.6. The highest BCUT2D eigenvalue weighted by Crippen LogP contribution is 2.18. The van der Waals surface area contributed by atoms with Gasteiger partial charge in [0.1, 0.15) is 12.1 Å². The van der Waals surface area contributed by atoms with Crippen molar-refractivity contribution in [2.45, 2.75) is 6.61 Å². The highest BCUT2D eigenvalue weighted by Gasteiger charge is 2.06. The molecule has 0 N–H and O–H groups in total. The topological polar surface area (TPSA) is 47.9 Å². The van der Waals surface area contributed by atoms with Gasteiger partial charge in [0.05, 0.1) is 17.6 Å². The van der Waals surface area contributed by atoms with Gasteiger partial charge < -0.3 is 4.74 Å². The second kappa shape index (κ2) is 4.77. The molecule has 7 heteroatoms. The number of pyridine rings is 1. The Balaban J connectivity index is 2.23. The Labute approximate surface area is 94.1 Å². The van der Waals surface area contributed by atoms with Gasteiger partial charge in [-0.15, -0.1) is 0 Å². The van der Waals surface area contributed by atoms with Crippen LogP contribution in [-0.2, 0) is 0 Å². The average Bonchev–Trinajstić information content (AvgIpc) is 2.29. The van der Waals surface area contributed by atoms with Gasteiger partial charge in [0, 0.05) is 6.07 Å². The summed E-state index contributed by atoms with van der Waals surface area (Å²) in [4.78, 5) is 10.9. The summed E-state index contributed by atoms with van der Waals surface area (Å²) >= 11 is 0. The van der Waals surface area contributed by atoms with Crippen molar-refractivity contribution >= 4 is 0 Å². The number of hydrogen-bond acceptors (Lipinski definition) is 4. The molecule has 0 aliphatic heterocycles. The predicted molar refractivity (Wildman–Crippen MR) is 51.9 cm³/mol. The van der Waals surface area contributed by atoms with E-state index in [1.54, 1.807) is 0 Å². The van der Waals surface area contributed by atoms with E-state index in [1.165, 1.54) is 12.1 Å². The van der Waals surface area contributed by atoms with Gasteiger partial charge in [-0.2, -0.15) is 13.2 Å². The number of rotatable bonds is 3. The molecular formula is C10H6F3N3O. The maximum atomic E-state index is 12.8. The zero-order chi connectivity index (χ0) is 12.3. The van der Waals surface area contributed by atoms with Crippen molar-refractivity contribution in [1.29, 1.82) is 0 Å². The van der Waals surface area contributed by atoms with Crippen molar-refractivity contribution in [3.63, 3.8) is 0 Å². The maximum Gasteiger partial charge on any atom is 0.387 e. The molecule has 2 rings (SSSR count). The van der Waals surface area contributed by atoms with E-state index in [1.807, 2.05) is 0 Å². The molecule has 0 saturated carbocycles.